The molecule has 7 nitrogen and oxygen atoms in total. The van der Waals surface area contributed by atoms with Crippen molar-refractivity contribution in [1.82, 2.24) is 9.62 Å². The lowest BCUT2D eigenvalue weighted by molar-refractivity contribution is 0.0743. The van der Waals surface area contributed by atoms with Gasteiger partial charge in [0, 0.05) is 23.7 Å². The van der Waals surface area contributed by atoms with Gasteiger partial charge in [-0.1, -0.05) is 0 Å². The average molecular weight is 420 g/mol. The van der Waals surface area contributed by atoms with E-state index in [9.17, 15) is 13.2 Å². The predicted octanol–water partition coefficient (Wildman–Crippen LogP) is 2.00. The molecule has 0 saturated carbocycles. The molecule has 154 valence electrons. The summed E-state index contributed by atoms with van der Waals surface area (Å²) in [5.41, 5.74) is 5.41. The van der Waals surface area contributed by atoms with Crippen LogP contribution in [0.5, 0.6) is 5.75 Å². The molecule has 1 saturated heterocycles. The number of benzene rings is 1. The number of hydrogen-bond acceptors (Lipinski definition) is 5. The van der Waals surface area contributed by atoms with Crippen LogP contribution in [-0.2, 0) is 10.0 Å². The van der Waals surface area contributed by atoms with Crippen molar-refractivity contribution in [2.75, 3.05) is 20.2 Å². The zero-order valence-electron chi connectivity index (χ0n) is 16.5. The Balaban J connectivity index is 0.00000364. The molecule has 1 aliphatic heterocycles. The number of methoxy groups -OCH3 is 1. The third-order valence-corrected chi connectivity index (χ3v) is 6.18. The van der Waals surface area contributed by atoms with Crippen LogP contribution < -0.4 is 15.2 Å². The van der Waals surface area contributed by atoms with Gasteiger partial charge in [0.1, 0.15) is 10.6 Å². The highest BCUT2D eigenvalue weighted by Crippen LogP contribution is 2.29. The number of sulfonamides is 1. The molecular weight excluding hydrogens is 390 g/mol. The molecule has 1 fully saturated rings. The third kappa shape index (κ3) is 5.57. The Bertz CT molecular complexity index is 777. The monoisotopic (exact) mass is 419 g/mol. The largest absolute Gasteiger partial charge is 0.495 e. The molecule has 0 aromatic heterocycles. The molecule has 0 spiro atoms. The predicted molar refractivity (Wildman–Crippen MR) is 108 cm³/mol. The number of rotatable bonds is 5. The Hall–Kier alpha value is -1.35. The highest BCUT2D eigenvalue weighted by Gasteiger charge is 2.33. The van der Waals surface area contributed by atoms with Gasteiger partial charge in [-0.2, -0.15) is 0 Å². The van der Waals surface area contributed by atoms with Gasteiger partial charge in [-0.25, -0.2) is 13.1 Å². The van der Waals surface area contributed by atoms with Gasteiger partial charge in [0.25, 0.3) is 5.91 Å². The second kappa shape index (κ2) is 8.77. The van der Waals surface area contributed by atoms with Crippen LogP contribution in [0.25, 0.3) is 0 Å². The number of nitrogens with zero attached hydrogens (tertiary/aromatic N) is 1. The quantitative estimate of drug-likeness (QED) is 0.759. The fourth-order valence-electron chi connectivity index (χ4n) is 3.24. The van der Waals surface area contributed by atoms with Crippen LogP contribution in [0.3, 0.4) is 0 Å². The van der Waals surface area contributed by atoms with Gasteiger partial charge in [-0.05, 0) is 64.8 Å². The van der Waals surface area contributed by atoms with Crippen molar-refractivity contribution in [2.24, 2.45) is 11.7 Å². The topological polar surface area (TPSA) is 102 Å². The Morgan fingerprint density at radius 3 is 2.48 bits per heavy atom. The summed E-state index contributed by atoms with van der Waals surface area (Å²) in [6.45, 7) is 8.37. The van der Waals surface area contributed by atoms with Crippen molar-refractivity contribution < 1.29 is 17.9 Å². The lowest BCUT2D eigenvalue weighted by atomic mass is 10.1. The summed E-state index contributed by atoms with van der Waals surface area (Å²) in [4.78, 5) is 14.6. The summed E-state index contributed by atoms with van der Waals surface area (Å²) in [5, 5.41) is 0. The first kappa shape index (κ1) is 23.7. The standard InChI is InChI=1S/C18H29N3O4S.ClH/c1-12-8-13(10-19)11-21(12)17(22)14-6-7-15(25-5)16(9-14)26(23,24)20-18(2,3)4;/h6-7,9,12-13,20H,8,10-11,19H2,1-5H3;1H. The second-order valence-electron chi connectivity index (χ2n) is 7.87. The van der Waals surface area contributed by atoms with Crippen molar-refractivity contribution in [3.05, 3.63) is 23.8 Å². The first-order valence-electron chi connectivity index (χ1n) is 8.71. The van der Waals surface area contributed by atoms with Crippen LogP contribution in [0.1, 0.15) is 44.5 Å². The molecule has 27 heavy (non-hydrogen) atoms. The lowest BCUT2D eigenvalue weighted by Gasteiger charge is -2.23. The highest BCUT2D eigenvalue weighted by molar-refractivity contribution is 7.89. The van der Waals surface area contributed by atoms with E-state index in [-0.39, 0.29) is 40.9 Å². The summed E-state index contributed by atoms with van der Waals surface area (Å²) in [6.07, 6.45) is 0.856. The molecule has 2 rings (SSSR count). The van der Waals surface area contributed by atoms with Crippen molar-refractivity contribution >= 4 is 28.3 Å². The van der Waals surface area contributed by atoms with Gasteiger partial charge in [0.2, 0.25) is 10.0 Å². The molecule has 1 heterocycles. The van der Waals surface area contributed by atoms with Gasteiger partial charge in [0.15, 0.2) is 0 Å². The van der Waals surface area contributed by atoms with Crippen LogP contribution in [0.4, 0.5) is 0 Å². The number of nitrogens with two attached hydrogens (primary N) is 1. The second-order valence-corrected chi connectivity index (χ2v) is 9.52. The molecule has 1 amide bonds. The zero-order valence-corrected chi connectivity index (χ0v) is 18.1. The maximum atomic E-state index is 12.9. The molecule has 0 radical (unpaired) electrons. The van der Waals surface area contributed by atoms with Gasteiger partial charge < -0.3 is 15.4 Å². The Labute approximate surface area is 168 Å². The van der Waals surface area contributed by atoms with Gasteiger partial charge in [-0.3, -0.25) is 4.79 Å². The molecule has 1 aliphatic rings. The molecule has 2 unspecified atom stereocenters. The maximum absolute atomic E-state index is 12.9. The van der Waals surface area contributed by atoms with E-state index >= 15 is 0 Å². The number of ether oxygens (including phenoxy) is 1. The summed E-state index contributed by atoms with van der Waals surface area (Å²) in [5.74, 6) is 0.286. The number of nitrogens with one attached hydrogen (secondary N) is 1. The Kier molecular flexibility index (Phi) is 7.69. The Morgan fingerprint density at radius 1 is 1.37 bits per heavy atom. The maximum Gasteiger partial charge on any atom is 0.254 e. The van der Waals surface area contributed by atoms with Crippen molar-refractivity contribution in [3.63, 3.8) is 0 Å². The number of carbonyl (C=O) groups excluding carboxylic acids is 1. The number of likely N-dealkylation sites (tertiary alicyclic amines) is 1. The molecular formula is C18H30ClN3O4S. The van der Waals surface area contributed by atoms with Crippen molar-refractivity contribution in [3.8, 4) is 5.75 Å². The first-order chi connectivity index (χ1) is 12.0. The average Bonchev–Trinajstić information content (AvgIpc) is 2.92. The SMILES string of the molecule is COc1ccc(C(=O)N2CC(CN)CC2C)cc1S(=O)(=O)NC(C)(C)C.Cl. The number of halogens is 1. The number of hydrogen-bond donors (Lipinski definition) is 2. The van der Waals surface area contributed by atoms with E-state index in [1.165, 1.54) is 19.2 Å². The lowest BCUT2D eigenvalue weighted by Crippen LogP contribution is -2.40. The molecule has 9 heteroatoms. The van der Waals surface area contributed by atoms with E-state index in [2.05, 4.69) is 4.72 Å². The van der Waals surface area contributed by atoms with E-state index in [4.69, 9.17) is 10.5 Å². The van der Waals surface area contributed by atoms with Crippen molar-refractivity contribution in [2.45, 2.75) is 50.6 Å². The molecule has 0 aliphatic carbocycles. The first-order valence-corrected chi connectivity index (χ1v) is 10.2. The summed E-state index contributed by atoms with van der Waals surface area (Å²) in [7, 11) is -2.43. The van der Waals surface area contributed by atoms with Crippen LogP contribution in [0.2, 0.25) is 0 Å². The van der Waals surface area contributed by atoms with Crippen LogP contribution in [0.15, 0.2) is 23.1 Å². The van der Waals surface area contributed by atoms with E-state index in [0.717, 1.165) is 6.42 Å². The van der Waals surface area contributed by atoms with E-state index in [1.807, 2.05) is 6.92 Å². The molecule has 3 N–H and O–H groups in total. The van der Waals surface area contributed by atoms with Crippen LogP contribution in [-0.4, -0.2) is 51.0 Å². The summed E-state index contributed by atoms with van der Waals surface area (Å²) >= 11 is 0. The van der Waals surface area contributed by atoms with Crippen molar-refractivity contribution in [1.29, 1.82) is 0 Å². The summed E-state index contributed by atoms with van der Waals surface area (Å²) in [6, 6.07) is 4.58. The van der Waals surface area contributed by atoms with Crippen LogP contribution in [0, 0.1) is 5.92 Å². The number of carbonyl (C=O) groups is 1. The van der Waals surface area contributed by atoms with Gasteiger partial charge in [-0.15, -0.1) is 12.4 Å². The number of amides is 1. The zero-order chi connectivity index (χ0) is 19.7. The van der Waals surface area contributed by atoms with Gasteiger partial charge >= 0.3 is 0 Å². The smallest absolute Gasteiger partial charge is 0.254 e. The summed E-state index contributed by atoms with van der Waals surface area (Å²) < 4.78 is 33.3. The van der Waals surface area contributed by atoms with Crippen LogP contribution >= 0.6 is 12.4 Å². The minimum atomic E-state index is -3.83. The molecule has 2 atom stereocenters. The Morgan fingerprint density at radius 2 is 2.00 bits per heavy atom. The van der Waals surface area contributed by atoms with Gasteiger partial charge in [0.05, 0.1) is 7.11 Å². The normalized spacial score (nSPS) is 20.3. The fraction of sp³-hybridized carbons (Fsp3) is 0.611. The van der Waals surface area contributed by atoms with E-state index in [0.29, 0.717) is 18.7 Å². The molecule has 0 bridgehead atoms. The molecule has 1 aromatic carbocycles. The fourth-order valence-corrected chi connectivity index (χ4v) is 4.85. The highest BCUT2D eigenvalue weighted by atomic mass is 35.5. The molecule has 1 aromatic rings. The van der Waals surface area contributed by atoms with E-state index in [1.54, 1.807) is 31.7 Å². The van der Waals surface area contributed by atoms with E-state index < -0.39 is 15.6 Å². The minimum absolute atomic E-state index is 0. The minimum Gasteiger partial charge on any atom is -0.495 e. The third-order valence-electron chi connectivity index (χ3n) is 4.40.